The Morgan fingerprint density at radius 3 is 2.79 bits per heavy atom. The van der Waals surface area contributed by atoms with Crippen LogP contribution < -0.4 is 0 Å². The van der Waals surface area contributed by atoms with E-state index in [4.69, 9.17) is 9.47 Å². The number of aliphatic hydroxyl groups excluding tert-OH is 1. The molecule has 8 nitrogen and oxygen atoms in total. The van der Waals surface area contributed by atoms with E-state index in [1.165, 1.54) is 4.90 Å². The van der Waals surface area contributed by atoms with Gasteiger partial charge in [0.25, 0.3) is 0 Å². The topological polar surface area (TPSA) is 96.4 Å². The molecule has 4 aliphatic rings. The van der Waals surface area contributed by atoms with Crippen molar-refractivity contribution < 1.29 is 29.0 Å². The zero-order valence-electron chi connectivity index (χ0n) is 16.7. The van der Waals surface area contributed by atoms with Crippen LogP contribution in [0.4, 0.5) is 0 Å². The molecule has 0 aromatic rings. The van der Waals surface area contributed by atoms with Crippen molar-refractivity contribution in [2.75, 3.05) is 32.8 Å². The Kier molecular flexibility index (Phi) is 5.48. The fourth-order valence-corrected chi connectivity index (χ4v) is 5.05. The number of ether oxygens (including phenoxy) is 2. The second-order valence-electron chi connectivity index (χ2n) is 8.02. The van der Waals surface area contributed by atoms with E-state index in [2.05, 4.69) is 6.92 Å². The van der Waals surface area contributed by atoms with E-state index in [9.17, 15) is 19.5 Å². The molecule has 2 fully saturated rings. The van der Waals surface area contributed by atoms with Crippen molar-refractivity contribution in [2.24, 2.45) is 11.8 Å². The standard InChI is InChI=1S/C21H28N2O6/c1-2-3-9-22-10-6-8-21-16(18(25)23(11-12-24)17(21)19(22)26)15-14(29-21)7-4-5-13-28-20(15)27/h4,6-8,14-17,24H,2-3,5,9-13H2,1H3/t14-,15?,16+,17-,21?/m1/s1. The van der Waals surface area contributed by atoms with Crippen molar-refractivity contribution >= 4 is 17.8 Å². The van der Waals surface area contributed by atoms with Gasteiger partial charge in [-0.05, 0) is 12.8 Å². The van der Waals surface area contributed by atoms with Crippen molar-refractivity contribution in [3.8, 4) is 0 Å². The number of amides is 2. The van der Waals surface area contributed by atoms with E-state index < -0.39 is 35.6 Å². The third kappa shape index (κ3) is 3.09. The Hall–Kier alpha value is -2.19. The van der Waals surface area contributed by atoms with Crippen molar-refractivity contribution in [2.45, 2.75) is 43.9 Å². The normalized spacial score (nSPS) is 36.3. The van der Waals surface area contributed by atoms with Gasteiger partial charge >= 0.3 is 5.97 Å². The molecule has 0 radical (unpaired) electrons. The van der Waals surface area contributed by atoms with Crippen LogP contribution in [0.2, 0.25) is 0 Å². The molecule has 0 saturated carbocycles. The number of aliphatic hydroxyl groups is 1. The molecular weight excluding hydrogens is 376 g/mol. The van der Waals surface area contributed by atoms with E-state index in [0.717, 1.165) is 12.8 Å². The Morgan fingerprint density at radius 1 is 1.21 bits per heavy atom. The quantitative estimate of drug-likeness (QED) is 0.522. The van der Waals surface area contributed by atoms with E-state index in [1.54, 1.807) is 11.0 Å². The lowest BCUT2D eigenvalue weighted by Crippen LogP contribution is -2.55. The number of fused-ring (bicyclic) bond motifs is 2. The van der Waals surface area contributed by atoms with Crippen molar-refractivity contribution in [3.05, 3.63) is 24.3 Å². The molecule has 2 saturated heterocycles. The van der Waals surface area contributed by atoms with Gasteiger partial charge in [-0.2, -0.15) is 0 Å². The number of carbonyl (C=O) groups excluding carboxylic acids is 3. The number of hydrogen-bond acceptors (Lipinski definition) is 6. The first-order chi connectivity index (χ1) is 14.0. The summed E-state index contributed by atoms with van der Waals surface area (Å²) < 4.78 is 11.7. The van der Waals surface area contributed by atoms with E-state index in [1.807, 2.05) is 18.2 Å². The molecule has 2 unspecified atom stereocenters. The molecule has 5 atom stereocenters. The maximum absolute atomic E-state index is 13.5. The lowest BCUT2D eigenvalue weighted by atomic mass is 9.77. The smallest absolute Gasteiger partial charge is 0.312 e. The highest BCUT2D eigenvalue weighted by Gasteiger charge is 2.71. The third-order valence-corrected chi connectivity index (χ3v) is 6.33. The predicted octanol–water partition coefficient (Wildman–Crippen LogP) is 0.261. The Morgan fingerprint density at radius 2 is 2.03 bits per heavy atom. The van der Waals surface area contributed by atoms with Crippen molar-refractivity contribution in [1.29, 1.82) is 0 Å². The van der Waals surface area contributed by atoms with Crippen LogP contribution in [0.25, 0.3) is 0 Å². The van der Waals surface area contributed by atoms with Gasteiger partial charge in [0.05, 0.1) is 25.2 Å². The number of hydrogen-bond donors (Lipinski definition) is 1. The molecule has 2 amide bonds. The average Bonchev–Trinajstić information content (AvgIpc) is 3.06. The minimum Gasteiger partial charge on any atom is -0.465 e. The minimum absolute atomic E-state index is 0.0224. The predicted molar refractivity (Wildman–Crippen MR) is 103 cm³/mol. The molecular formula is C21H28N2O6. The molecule has 4 heterocycles. The molecule has 8 heteroatoms. The number of β-amino-alcohol motifs (C(OH)–C–C–N with tert-alkyl or cyclic N) is 1. The van der Waals surface area contributed by atoms with E-state index in [0.29, 0.717) is 19.5 Å². The Balaban J connectivity index is 1.78. The average molecular weight is 404 g/mol. The second kappa shape index (κ2) is 7.91. The number of likely N-dealkylation sites (tertiary alicyclic amines) is 1. The lowest BCUT2D eigenvalue weighted by molar-refractivity contribution is -0.155. The van der Waals surface area contributed by atoms with Crippen molar-refractivity contribution in [1.82, 2.24) is 9.80 Å². The highest BCUT2D eigenvalue weighted by molar-refractivity contribution is 5.99. The monoisotopic (exact) mass is 404 g/mol. The van der Waals surface area contributed by atoms with Crippen LogP contribution in [0, 0.1) is 11.8 Å². The molecule has 0 aliphatic carbocycles. The lowest BCUT2D eigenvalue weighted by Gasteiger charge is -2.35. The van der Waals surface area contributed by atoms with Crippen LogP contribution in [-0.2, 0) is 23.9 Å². The van der Waals surface area contributed by atoms with Crippen LogP contribution in [0.1, 0.15) is 26.2 Å². The van der Waals surface area contributed by atoms with E-state index >= 15 is 0 Å². The molecule has 1 N–H and O–H groups in total. The van der Waals surface area contributed by atoms with Gasteiger partial charge in [0.1, 0.15) is 17.6 Å². The fraction of sp³-hybridized carbons (Fsp3) is 0.667. The van der Waals surface area contributed by atoms with Gasteiger partial charge in [-0.25, -0.2) is 0 Å². The maximum atomic E-state index is 13.5. The number of carbonyl (C=O) groups is 3. The van der Waals surface area contributed by atoms with Gasteiger partial charge in [-0.3, -0.25) is 14.4 Å². The minimum atomic E-state index is -1.23. The number of nitrogens with zero attached hydrogens (tertiary/aromatic N) is 2. The molecule has 158 valence electrons. The summed E-state index contributed by atoms with van der Waals surface area (Å²) in [5.74, 6) is -2.64. The first-order valence-electron chi connectivity index (χ1n) is 10.4. The molecule has 4 rings (SSSR count). The summed E-state index contributed by atoms with van der Waals surface area (Å²) in [6.45, 7) is 3.10. The summed E-state index contributed by atoms with van der Waals surface area (Å²) in [6, 6.07) is -0.891. The number of cyclic esters (lactones) is 1. The van der Waals surface area contributed by atoms with Crippen molar-refractivity contribution in [3.63, 3.8) is 0 Å². The van der Waals surface area contributed by atoms with Gasteiger partial charge in [0.15, 0.2) is 0 Å². The molecule has 0 aromatic heterocycles. The molecule has 29 heavy (non-hydrogen) atoms. The van der Waals surface area contributed by atoms with Crippen LogP contribution in [-0.4, -0.2) is 83.3 Å². The summed E-state index contributed by atoms with van der Waals surface area (Å²) in [5.41, 5.74) is -1.23. The summed E-state index contributed by atoms with van der Waals surface area (Å²) in [5, 5.41) is 9.55. The van der Waals surface area contributed by atoms with Gasteiger partial charge in [0, 0.05) is 19.6 Å². The largest absolute Gasteiger partial charge is 0.465 e. The first-order valence-corrected chi connectivity index (χ1v) is 10.4. The van der Waals surface area contributed by atoms with E-state index in [-0.39, 0.29) is 31.6 Å². The highest BCUT2D eigenvalue weighted by atomic mass is 16.6. The van der Waals surface area contributed by atoms with Crippen LogP contribution in [0.3, 0.4) is 0 Å². The highest BCUT2D eigenvalue weighted by Crippen LogP contribution is 2.53. The van der Waals surface area contributed by atoms with Gasteiger partial charge < -0.3 is 24.4 Å². The summed E-state index contributed by atoms with van der Waals surface area (Å²) in [4.78, 5) is 42.8. The van der Waals surface area contributed by atoms with Gasteiger partial charge in [-0.1, -0.05) is 37.6 Å². The number of esters is 1. The summed E-state index contributed by atoms with van der Waals surface area (Å²) in [6.07, 6.45) is 9.15. The number of rotatable bonds is 5. The summed E-state index contributed by atoms with van der Waals surface area (Å²) >= 11 is 0. The van der Waals surface area contributed by atoms with Gasteiger partial charge in [0.2, 0.25) is 11.8 Å². The zero-order valence-corrected chi connectivity index (χ0v) is 16.7. The Bertz CT molecular complexity index is 749. The SMILES string of the molecule is CCCCN1CC=CC23O[C@@H]4C=CCCOC(=O)C4[C@H]2C(=O)N(CCO)[C@@H]3C1=O. The second-order valence-corrected chi connectivity index (χ2v) is 8.02. The van der Waals surface area contributed by atoms with Crippen LogP contribution in [0.15, 0.2) is 24.3 Å². The first kappa shape index (κ1) is 20.1. The Labute approximate surface area is 170 Å². The molecule has 0 aromatic carbocycles. The third-order valence-electron chi connectivity index (χ3n) is 6.33. The van der Waals surface area contributed by atoms with Gasteiger partial charge in [-0.15, -0.1) is 0 Å². The molecule has 4 aliphatic heterocycles. The number of unbranched alkanes of at least 4 members (excludes halogenated alkanes) is 1. The summed E-state index contributed by atoms with van der Waals surface area (Å²) in [7, 11) is 0. The van der Waals surface area contributed by atoms with Crippen LogP contribution in [0.5, 0.6) is 0 Å². The molecule has 0 bridgehead atoms. The zero-order chi connectivity index (χ0) is 20.6. The fourth-order valence-electron chi connectivity index (χ4n) is 5.05. The maximum Gasteiger partial charge on any atom is 0.312 e. The van der Waals surface area contributed by atoms with Crippen LogP contribution >= 0.6 is 0 Å². The molecule has 1 spiro atoms.